The predicted octanol–water partition coefficient (Wildman–Crippen LogP) is 2.94. The molecule has 0 heterocycles. The molecule has 0 spiro atoms. The van der Waals surface area contributed by atoms with Gasteiger partial charge in [0, 0.05) is 19.4 Å². The lowest BCUT2D eigenvalue weighted by atomic mass is 10.1. The van der Waals surface area contributed by atoms with Crippen LogP contribution in [0.4, 0.5) is 13.2 Å². The molecule has 1 rings (SSSR count). The molecule has 0 aliphatic heterocycles. The second-order valence-electron chi connectivity index (χ2n) is 4.76. The fourth-order valence-electron chi connectivity index (χ4n) is 1.65. The third-order valence-corrected chi connectivity index (χ3v) is 3.71. The van der Waals surface area contributed by atoms with E-state index < -0.39 is 12.6 Å². The Hall–Kier alpha value is -0.390. The van der Waals surface area contributed by atoms with Crippen molar-refractivity contribution in [3.05, 3.63) is 0 Å². The zero-order valence-electron chi connectivity index (χ0n) is 9.65. The molecule has 2 nitrogen and oxygen atoms in total. The maximum absolute atomic E-state index is 11.8. The van der Waals surface area contributed by atoms with E-state index in [0.29, 0.717) is 25.1 Å². The summed E-state index contributed by atoms with van der Waals surface area (Å²) in [4.78, 5) is 11.5. The zero-order chi connectivity index (χ0) is 12.9. The fraction of sp³-hybridized carbons (Fsp3) is 0.909. The second kappa shape index (κ2) is 5.98. The molecule has 0 aromatic heterocycles. The van der Waals surface area contributed by atoms with E-state index in [2.05, 4.69) is 17.9 Å². The first-order valence-corrected chi connectivity index (χ1v) is 6.44. The minimum Gasteiger partial charge on any atom is -0.356 e. The highest BCUT2D eigenvalue weighted by Crippen LogP contribution is 2.49. The van der Waals surface area contributed by atoms with Crippen molar-refractivity contribution in [2.75, 3.05) is 12.3 Å². The van der Waals surface area contributed by atoms with Gasteiger partial charge in [0.2, 0.25) is 5.91 Å². The number of carbonyl (C=O) groups excluding carboxylic acids is 1. The van der Waals surface area contributed by atoms with E-state index in [1.54, 1.807) is 0 Å². The van der Waals surface area contributed by atoms with E-state index in [9.17, 15) is 18.0 Å². The van der Waals surface area contributed by atoms with Gasteiger partial charge in [0.1, 0.15) is 0 Å². The summed E-state index contributed by atoms with van der Waals surface area (Å²) >= 11 is 4.19. The largest absolute Gasteiger partial charge is 0.389 e. The second-order valence-corrected chi connectivity index (χ2v) is 5.07. The molecule has 1 amide bonds. The van der Waals surface area contributed by atoms with Gasteiger partial charge in [-0.2, -0.15) is 25.8 Å². The van der Waals surface area contributed by atoms with Crippen LogP contribution in [0.5, 0.6) is 0 Å². The van der Waals surface area contributed by atoms with Crippen LogP contribution in [0, 0.1) is 5.41 Å². The summed E-state index contributed by atoms with van der Waals surface area (Å²) < 4.78 is 35.5. The van der Waals surface area contributed by atoms with E-state index in [1.807, 2.05) is 0 Å². The minimum atomic E-state index is -4.09. The van der Waals surface area contributed by atoms with Crippen molar-refractivity contribution in [3.63, 3.8) is 0 Å². The van der Waals surface area contributed by atoms with Crippen LogP contribution >= 0.6 is 12.6 Å². The lowest BCUT2D eigenvalue weighted by molar-refractivity contribution is -0.135. The van der Waals surface area contributed by atoms with E-state index in [0.717, 1.165) is 12.8 Å². The van der Waals surface area contributed by atoms with E-state index >= 15 is 0 Å². The molecule has 1 aliphatic carbocycles. The number of rotatable bonds is 7. The van der Waals surface area contributed by atoms with Crippen LogP contribution in [0.2, 0.25) is 0 Å². The van der Waals surface area contributed by atoms with Crippen LogP contribution in [0.15, 0.2) is 0 Å². The highest BCUT2D eigenvalue weighted by Gasteiger charge is 2.42. The average molecular weight is 269 g/mol. The number of hydrogen-bond donors (Lipinski definition) is 2. The molecule has 0 aromatic carbocycles. The zero-order valence-corrected chi connectivity index (χ0v) is 10.5. The molecular formula is C11H18F3NOS. The van der Waals surface area contributed by atoms with Crippen LogP contribution in [0.3, 0.4) is 0 Å². The van der Waals surface area contributed by atoms with Gasteiger partial charge in [-0.15, -0.1) is 0 Å². The van der Waals surface area contributed by atoms with E-state index in [4.69, 9.17) is 0 Å². The van der Waals surface area contributed by atoms with E-state index in [1.165, 1.54) is 0 Å². The summed E-state index contributed by atoms with van der Waals surface area (Å²) in [7, 11) is 0. The maximum Gasteiger partial charge on any atom is 0.389 e. The van der Waals surface area contributed by atoms with Crippen LogP contribution in [0.25, 0.3) is 0 Å². The Bertz CT molecular complexity index is 264. The number of hydrogen-bond acceptors (Lipinski definition) is 2. The Kier molecular flexibility index (Phi) is 5.16. The summed E-state index contributed by atoms with van der Waals surface area (Å²) in [6.45, 7) is 0.331. The molecular weight excluding hydrogens is 251 g/mol. The van der Waals surface area contributed by atoms with Crippen molar-refractivity contribution in [2.24, 2.45) is 5.41 Å². The predicted molar refractivity (Wildman–Crippen MR) is 63.1 cm³/mol. The summed E-state index contributed by atoms with van der Waals surface area (Å²) in [6.07, 6.45) is -1.91. The standard InChI is InChI=1S/C11H18F3NOS/c12-11(13,14)3-1-2-6-15-9(16)7-10(8-17)4-5-10/h17H,1-8H2,(H,15,16). The summed E-state index contributed by atoms with van der Waals surface area (Å²) in [5.41, 5.74) is 0.0686. The van der Waals surface area contributed by atoms with Gasteiger partial charge in [0.25, 0.3) is 0 Å². The molecule has 0 aromatic rings. The fourth-order valence-corrected chi connectivity index (χ4v) is 2.08. The topological polar surface area (TPSA) is 29.1 Å². The molecule has 1 saturated carbocycles. The Morgan fingerprint density at radius 2 is 1.94 bits per heavy atom. The van der Waals surface area contributed by atoms with Crippen molar-refractivity contribution in [1.29, 1.82) is 0 Å². The lowest BCUT2D eigenvalue weighted by Crippen LogP contribution is -2.27. The number of nitrogens with one attached hydrogen (secondary N) is 1. The molecule has 100 valence electrons. The average Bonchev–Trinajstić information content (AvgIpc) is 2.96. The van der Waals surface area contributed by atoms with Crippen molar-refractivity contribution in [2.45, 2.75) is 44.7 Å². The van der Waals surface area contributed by atoms with Crippen molar-refractivity contribution in [3.8, 4) is 0 Å². The van der Waals surface area contributed by atoms with Crippen LogP contribution in [-0.4, -0.2) is 24.4 Å². The minimum absolute atomic E-state index is 0.0661. The summed E-state index contributed by atoms with van der Waals surface area (Å²) in [5.74, 6) is 0.637. The lowest BCUT2D eigenvalue weighted by Gasteiger charge is -2.11. The Balaban J connectivity index is 2.01. The molecule has 0 bridgehead atoms. The molecule has 17 heavy (non-hydrogen) atoms. The quantitative estimate of drug-likeness (QED) is 0.540. The summed E-state index contributed by atoms with van der Waals surface area (Å²) in [5, 5.41) is 2.66. The molecule has 1 N–H and O–H groups in total. The van der Waals surface area contributed by atoms with Crippen LogP contribution in [-0.2, 0) is 4.79 Å². The molecule has 6 heteroatoms. The van der Waals surface area contributed by atoms with Crippen molar-refractivity contribution in [1.82, 2.24) is 5.32 Å². The van der Waals surface area contributed by atoms with E-state index in [-0.39, 0.29) is 17.7 Å². The number of halogens is 3. The van der Waals surface area contributed by atoms with Crippen LogP contribution < -0.4 is 5.32 Å². The van der Waals surface area contributed by atoms with Gasteiger partial charge >= 0.3 is 6.18 Å². The van der Waals surface area contributed by atoms with Gasteiger partial charge in [0.05, 0.1) is 0 Å². The molecule has 0 unspecified atom stereocenters. The first-order valence-electron chi connectivity index (χ1n) is 5.81. The Morgan fingerprint density at radius 3 is 2.41 bits per heavy atom. The number of thiol groups is 1. The highest BCUT2D eigenvalue weighted by atomic mass is 32.1. The number of alkyl halides is 3. The van der Waals surface area contributed by atoms with Gasteiger partial charge in [-0.05, 0) is 36.9 Å². The summed E-state index contributed by atoms with van der Waals surface area (Å²) in [6, 6.07) is 0. The van der Waals surface area contributed by atoms with Crippen LogP contribution in [0.1, 0.15) is 38.5 Å². The van der Waals surface area contributed by atoms with Gasteiger partial charge < -0.3 is 5.32 Å². The maximum atomic E-state index is 11.8. The third kappa shape index (κ3) is 6.19. The SMILES string of the molecule is O=C(CC1(CS)CC1)NCCCCC(F)(F)F. The normalized spacial score (nSPS) is 17.9. The van der Waals surface area contributed by atoms with Crippen molar-refractivity contribution < 1.29 is 18.0 Å². The number of carbonyl (C=O) groups is 1. The monoisotopic (exact) mass is 269 g/mol. The highest BCUT2D eigenvalue weighted by molar-refractivity contribution is 7.80. The molecule has 0 radical (unpaired) electrons. The third-order valence-electron chi connectivity index (χ3n) is 3.04. The smallest absolute Gasteiger partial charge is 0.356 e. The first kappa shape index (κ1) is 14.7. The Morgan fingerprint density at radius 1 is 1.29 bits per heavy atom. The molecule has 0 saturated heterocycles. The molecule has 1 aliphatic rings. The first-order chi connectivity index (χ1) is 7.87. The van der Waals surface area contributed by atoms with Gasteiger partial charge in [-0.25, -0.2) is 0 Å². The van der Waals surface area contributed by atoms with Crippen molar-refractivity contribution >= 4 is 18.5 Å². The Labute approximate surface area is 105 Å². The number of amides is 1. The van der Waals surface area contributed by atoms with Gasteiger partial charge in [0.15, 0.2) is 0 Å². The number of unbranched alkanes of at least 4 members (excludes halogenated alkanes) is 1. The van der Waals surface area contributed by atoms with Gasteiger partial charge in [-0.1, -0.05) is 0 Å². The molecule has 0 atom stereocenters. The molecule has 1 fully saturated rings. The van der Waals surface area contributed by atoms with Gasteiger partial charge in [-0.3, -0.25) is 4.79 Å².